The average molecular weight is 281 g/mol. The Labute approximate surface area is 125 Å². The third-order valence-corrected chi connectivity index (χ3v) is 3.96. The Morgan fingerprint density at radius 3 is 2.52 bits per heavy atom. The topological polar surface area (TPSA) is 29.5 Å². The predicted octanol–water partition coefficient (Wildman–Crippen LogP) is 3.10. The van der Waals surface area contributed by atoms with Crippen LogP contribution >= 0.6 is 0 Å². The molecule has 21 heavy (non-hydrogen) atoms. The Balaban J connectivity index is 1.84. The number of benzene rings is 2. The summed E-state index contributed by atoms with van der Waals surface area (Å²) in [7, 11) is 1.99. The minimum atomic E-state index is -0.117. The van der Waals surface area contributed by atoms with E-state index in [1.165, 1.54) is 16.7 Å². The first-order valence-electron chi connectivity index (χ1n) is 7.26. The predicted molar refractivity (Wildman–Crippen MR) is 82.7 cm³/mol. The summed E-state index contributed by atoms with van der Waals surface area (Å²) >= 11 is 0. The zero-order valence-corrected chi connectivity index (χ0v) is 12.2. The summed E-state index contributed by atoms with van der Waals surface area (Å²) in [6, 6.07) is 18.6. The zero-order chi connectivity index (χ0) is 14.7. The summed E-state index contributed by atoms with van der Waals surface area (Å²) in [6.45, 7) is 1.28. The summed E-state index contributed by atoms with van der Waals surface area (Å²) in [6.07, 6.45) is 0.781. The molecule has 0 spiro atoms. The van der Waals surface area contributed by atoms with Crippen molar-refractivity contribution in [3.8, 4) is 11.1 Å². The van der Waals surface area contributed by atoms with Crippen molar-refractivity contribution in [1.82, 2.24) is 4.90 Å². The number of ether oxygens (including phenoxy) is 1. The van der Waals surface area contributed by atoms with Gasteiger partial charge in [0.2, 0.25) is 0 Å². The first-order valence-corrected chi connectivity index (χ1v) is 7.26. The second-order valence-corrected chi connectivity index (χ2v) is 5.41. The molecule has 1 atom stereocenters. The van der Waals surface area contributed by atoms with Crippen LogP contribution in [-0.4, -0.2) is 30.6 Å². The maximum atomic E-state index is 11.7. The molecule has 3 nitrogen and oxygen atoms in total. The van der Waals surface area contributed by atoms with Crippen molar-refractivity contribution in [2.45, 2.75) is 19.0 Å². The maximum absolute atomic E-state index is 11.7. The van der Waals surface area contributed by atoms with E-state index in [-0.39, 0.29) is 12.0 Å². The van der Waals surface area contributed by atoms with E-state index in [9.17, 15) is 4.79 Å². The van der Waals surface area contributed by atoms with Crippen LogP contribution in [0.5, 0.6) is 0 Å². The number of hydrogen-bond donors (Lipinski definition) is 0. The van der Waals surface area contributed by atoms with Crippen LogP contribution in [0.25, 0.3) is 11.1 Å². The molecule has 3 rings (SSSR count). The van der Waals surface area contributed by atoms with Crippen LogP contribution in [0.3, 0.4) is 0 Å². The summed E-state index contributed by atoms with van der Waals surface area (Å²) in [5.41, 5.74) is 3.65. The lowest BCUT2D eigenvalue weighted by Crippen LogP contribution is -2.34. The van der Waals surface area contributed by atoms with Crippen LogP contribution in [0.4, 0.5) is 0 Å². The molecular weight excluding hydrogens is 262 g/mol. The fourth-order valence-corrected chi connectivity index (χ4v) is 2.82. The van der Waals surface area contributed by atoms with E-state index < -0.39 is 0 Å². The molecule has 0 aliphatic carbocycles. The fraction of sp³-hybridized carbons (Fsp3) is 0.278. The molecule has 3 heteroatoms. The van der Waals surface area contributed by atoms with Gasteiger partial charge >= 0.3 is 5.97 Å². The Bertz CT molecular complexity index is 624. The van der Waals surface area contributed by atoms with Gasteiger partial charge in [-0.05, 0) is 23.7 Å². The van der Waals surface area contributed by atoms with Crippen molar-refractivity contribution in [3.63, 3.8) is 0 Å². The molecule has 0 amide bonds. The van der Waals surface area contributed by atoms with Gasteiger partial charge in [-0.2, -0.15) is 0 Å². The molecular formula is C18H19NO2. The van der Waals surface area contributed by atoms with E-state index >= 15 is 0 Å². The van der Waals surface area contributed by atoms with Gasteiger partial charge in [0.1, 0.15) is 6.04 Å². The van der Waals surface area contributed by atoms with Crippen molar-refractivity contribution < 1.29 is 9.53 Å². The molecule has 0 N–H and O–H groups in total. The van der Waals surface area contributed by atoms with Crippen LogP contribution in [0.1, 0.15) is 12.0 Å². The Kier molecular flexibility index (Phi) is 4.02. The van der Waals surface area contributed by atoms with Crippen molar-refractivity contribution in [2.75, 3.05) is 13.7 Å². The number of esters is 1. The van der Waals surface area contributed by atoms with E-state index in [0.29, 0.717) is 6.61 Å². The van der Waals surface area contributed by atoms with Gasteiger partial charge in [-0.15, -0.1) is 0 Å². The van der Waals surface area contributed by atoms with Gasteiger partial charge in [0.05, 0.1) is 6.61 Å². The summed E-state index contributed by atoms with van der Waals surface area (Å²) in [4.78, 5) is 13.8. The molecule has 1 aliphatic heterocycles. The lowest BCUT2D eigenvalue weighted by Gasteiger charge is -2.22. The van der Waals surface area contributed by atoms with Gasteiger partial charge in [-0.1, -0.05) is 54.6 Å². The van der Waals surface area contributed by atoms with Crippen molar-refractivity contribution in [1.29, 1.82) is 0 Å². The minimum Gasteiger partial charge on any atom is -0.464 e. The first-order chi connectivity index (χ1) is 10.3. The molecule has 1 fully saturated rings. The molecule has 1 heterocycles. The number of likely N-dealkylation sites (N-methyl/N-ethyl adjacent to an activating group) is 1. The second kappa shape index (κ2) is 6.10. The van der Waals surface area contributed by atoms with Gasteiger partial charge in [0.25, 0.3) is 0 Å². The Morgan fingerprint density at radius 1 is 1.10 bits per heavy atom. The Morgan fingerprint density at radius 2 is 1.81 bits per heavy atom. The van der Waals surface area contributed by atoms with Gasteiger partial charge < -0.3 is 4.74 Å². The number of hydrogen-bond acceptors (Lipinski definition) is 3. The molecule has 0 radical (unpaired) electrons. The molecule has 2 aromatic rings. The second-order valence-electron chi connectivity index (χ2n) is 5.41. The van der Waals surface area contributed by atoms with E-state index in [0.717, 1.165) is 13.0 Å². The van der Waals surface area contributed by atoms with Gasteiger partial charge in [-0.25, -0.2) is 0 Å². The number of nitrogens with zero attached hydrogens (tertiary/aromatic N) is 1. The highest BCUT2D eigenvalue weighted by Crippen LogP contribution is 2.25. The molecule has 1 saturated heterocycles. The van der Waals surface area contributed by atoms with E-state index in [1.54, 1.807) is 0 Å². The summed E-state index contributed by atoms with van der Waals surface area (Å²) in [5.74, 6) is -0.102. The van der Waals surface area contributed by atoms with Gasteiger partial charge in [0, 0.05) is 13.0 Å². The van der Waals surface area contributed by atoms with E-state index in [1.807, 2.05) is 31.3 Å². The molecule has 1 aliphatic rings. The molecule has 2 aromatic carbocycles. The zero-order valence-electron chi connectivity index (χ0n) is 12.2. The lowest BCUT2D eigenvalue weighted by atomic mass is 9.99. The van der Waals surface area contributed by atoms with Gasteiger partial charge in [0.15, 0.2) is 0 Å². The van der Waals surface area contributed by atoms with Crippen molar-refractivity contribution >= 4 is 5.97 Å². The fourth-order valence-electron chi connectivity index (χ4n) is 2.82. The highest BCUT2D eigenvalue weighted by molar-refractivity contribution is 5.77. The maximum Gasteiger partial charge on any atom is 0.323 e. The quantitative estimate of drug-likeness (QED) is 0.807. The first kappa shape index (κ1) is 13.8. The van der Waals surface area contributed by atoms with Crippen LogP contribution < -0.4 is 0 Å². The lowest BCUT2D eigenvalue weighted by molar-refractivity contribution is -0.142. The molecule has 108 valence electrons. The monoisotopic (exact) mass is 281 g/mol. The summed E-state index contributed by atoms with van der Waals surface area (Å²) < 4.78 is 5.06. The molecule has 1 unspecified atom stereocenters. The highest BCUT2D eigenvalue weighted by Gasteiger charge is 2.30. The number of carbonyl (C=O) groups excluding carboxylic acids is 1. The van der Waals surface area contributed by atoms with Crippen LogP contribution in [0.2, 0.25) is 0 Å². The standard InChI is InChI=1S/C18H19NO2/c1-19(17-11-12-21-18(17)20)13-15-9-5-6-10-16(15)14-7-3-2-4-8-14/h2-10,17H,11-13H2,1H3. The molecule has 0 saturated carbocycles. The SMILES string of the molecule is CN(Cc1ccccc1-c1ccccc1)C1CCOC1=O. The normalized spacial score (nSPS) is 18.0. The van der Waals surface area contributed by atoms with Gasteiger partial charge in [-0.3, -0.25) is 9.69 Å². The number of carbonyl (C=O) groups is 1. The highest BCUT2D eigenvalue weighted by atomic mass is 16.5. The van der Waals surface area contributed by atoms with Crippen LogP contribution in [0.15, 0.2) is 54.6 Å². The molecule has 0 bridgehead atoms. The van der Waals surface area contributed by atoms with Crippen LogP contribution in [-0.2, 0) is 16.1 Å². The van der Waals surface area contributed by atoms with E-state index in [2.05, 4.69) is 35.2 Å². The Hall–Kier alpha value is -2.13. The third kappa shape index (κ3) is 2.98. The van der Waals surface area contributed by atoms with Crippen molar-refractivity contribution in [2.24, 2.45) is 0 Å². The third-order valence-electron chi connectivity index (χ3n) is 3.96. The summed E-state index contributed by atoms with van der Waals surface area (Å²) in [5, 5.41) is 0. The van der Waals surface area contributed by atoms with E-state index in [4.69, 9.17) is 4.74 Å². The number of rotatable bonds is 4. The number of cyclic esters (lactones) is 1. The van der Waals surface area contributed by atoms with Crippen molar-refractivity contribution in [3.05, 3.63) is 60.2 Å². The van der Waals surface area contributed by atoms with Crippen LogP contribution in [0, 0.1) is 0 Å². The average Bonchev–Trinajstić information content (AvgIpc) is 2.95. The minimum absolute atomic E-state index is 0.102. The molecule has 0 aromatic heterocycles. The smallest absolute Gasteiger partial charge is 0.323 e. The largest absolute Gasteiger partial charge is 0.464 e.